The van der Waals surface area contributed by atoms with Gasteiger partial charge in [-0.3, -0.25) is 0 Å². The highest BCUT2D eigenvalue weighted by Gasteiger charge is 2.02. The molecule has 2 aromatic carbocycles. The number of benzene rings is 2. The molecule has 0 fully saturated rings. The Hall–Kier alpha value is -2.16. The second-order valence-electron chi connectivity index (χ2n) is 3.80. The van der Waals surface area contributed by atoms with Gasteiger partial charge in [0, 0.05) is 11.4 Å². The predicted octanol–water partition coefficient (Wildman–Crippen LogP) is 2.15. The van der Waals surface area contributed by atoms with Gasteiger partial charge in [-0.2, -0.15) is 0 Å². The van der Waals surface area contributed by atoms with Crippen molar-refractivity contribution in [2.75, 3.05) is 11.5 Å². The van der Waals surface area contributed by atoms with Crippen LogP contribution in [0.3, 0.4) is 0 Å². The van der Waals surface area contributed by atoms with E-state index in [1.807, 2.05) is 18.2 Å². The standard InChI is InChI=1S/C13H14N2O/c14-11-4-5-13(15)10(8-11)6-9-2-1-3-12(16)7-9/h1-5,7-8,16H,6,14-15H2. The SMILES string of the molecule is Nc1ccc(N)c(Cc2cccc(O)c2)c1. The molecule has 2 rings (SSSR count). The molecule has 0 bridgehead atoms. The summed E-state index contributed by atoms with van der Waals surface area (Å²) in [6, 6.07) is 12.6. The van der Waals surface area contributed by atoms with Crippen molar-refractivity contribution in [1.29, 1.82) is 0 Å². The molecule has 0 aliphatic carbocycles. The van der Waals surface area contributed by atoms with E-state index in [2.05, 4.69) is 0 Å². The molecule has 16 heavy (non-hydrogen) atoms. The van der Waals surface area contributed by atoms with Crippen LogP contribution in [0, 0.1) is 0 Å². The molecular formula is C13H14N2O. The van der Waals surface area contributed by atoms with E-state index < -0.39 is 0 Å². The lowest BCUT2D eigenvalue weighted by Crippen LogP contribution is -1.97. The van der Waals surface area contributed by atoms with Crippen LogP contribution in [0.15, 0.2) is 42.5 Å². The van der Waals surface area contributed by atoms with Gasteiger partial charge in [0.1, 0.15) is 5.75 Å². The summed E-state index contributed by atoms with van der Waals surface area (Å²) >= 11 is 0. The summed E-state index contributed by atoms with van der Waals surface area (Å²) < 4.78 is 0. The highest BCUT2D eigenvalue weighted by atomic mass is 16.3. The zero-order valence-corrected chi connectivity index (χ0v) is 8.85. The summed E-state index contributed by atoms with van der Waals surface area (Å²) in [6.07, 6.45) is 0.672. The average Bonchev–Trinajstić information content (AvgIpc) is 2.24. The lowest BCUT2D eigenvalue weighted by atomic mass is 10.0. The Morgan fingerprint density at radius 1 is 1.00 bits per heavy atom. The van der Waals surface area contributed by atoms with Crippen molar-refractivity contribution in [2.45, 2.75) is 6.42 Å². The topological polar surface area (TPSA) is 72.3 Å². The number of phenolic OH excluding ortho intramolecular Hbond substituents is 1. The molecule has 0 spiro atoms. The number of hydrogen-bond acceptors (Lipinski definition) is 3. The maximum absolute atomic E-state index is 9.36. The van der Waals surface area contributed by atoms with Crippen molar-refractivity contribution in [2.24, 2.45) is 0 Å². The van der Waals surface area contributed by atoms with Crippen molar-refractivity contribution >= 4 is 11.4 Å². The van der Waals surface area contributed by atoms with E-state index in [0.29, 0.717) is 12.1 Å². The largest absolute Gasteiger partial charge is 0.508 e. The molecule has 2 aromatic rings. The van der Waals surface area contributed by atoms with E-state index in [-0.39, 0.29) is 5.75 Å². The van der Waals surface area contributed by atoms with Crippen LogP contribution in [0.25, 0.3) is 0 Å². The highest BCUT2D eigenvalue weighted by Crippen LogP contribution is 2.21. The molecular weight excluding hydrogens is 200 g/mol. The number of phenols is 1. The van der Waals surface area contributed by atoms with Gasteiger partial charge in [0.2, 0.25) is 0 Å². The van der Waals surface area contributed by atoms with Gasteiger partial charge in [-0.1, -0.05) is 12.1 Å². The number of hydrogen-bond donors (Lipinski definition) is 3. The number of aromatic hydroxyl groups is 1. The normalized spacial score (nSPS) is 10.2. The first-order chi connectivity index (χ1) is 7.65. The minimum Gasteiger partial charge on any atom is -0.508 e. The van der Waals surface area contributed by atoms with Crippen molar-refractivity contribution in [3.8, 4) is 5.75 Å². The smallest absolute Gasteiger partial charge is 0.115 e. The van der Waals surface area contributed by atoms with E-state index >= 15 is 0 Å². The van der Waals surface area contributed by atoms with Crippen LogP contribution in [0.5, 0.6) is 5.75 Å². The molecule has 0 aliphatic heterocycles. The Morgan fingerprint density at radius 3 is 2.56 bits per heavy atom. The lowest BCUT2D eigenvalue weighted by Gasteiger charge is -2.07. The molecule has 5 N–H and O–H groups in total. The summed E-state index contributed by atoms with van der Waals surface area (Å²) in [6.45, 7) is 0. The van der Waals surface area contributed by atoms with Gasteiger partial charge in [-0.05, 0) is 47.9 Å². The molecule has 0 atom stereocenters. The molecule has 0 unspecified atom stereocenters. The quantitative estimate of drug-likeness (QED) is 0.671. The Morgan fingerprint density at radius 2 is 1.81 bits per heavy atom. The van der Waals surface area contributed by atoms with Crippen LogP contribution in [-0.4, -0.2) is 5.11 Å². The summed E-state index contributed by atoms with van der Waals surface area (Å²) in [7, 11) is 0. The summed E-state index contributed by atoms with van der Waals surface area (Å²) in [5.74, 6) is 0.264. The van der Waals surface area contributed by atoms with Crippen LogP contribution >= 0.6 is 0 Å². The van der Waals surface area contributed by atoms with Crippen molar-refractivity contribution in [3.05, 3.63) is 53.6 Å². The molecule has 0 amide bonds. The van der Waals surface area contributed by atoms with Crippen LogP contribution < -0.4 is 11.5 Å². The van der Waals surface area contributed by atoms with E-state index in [0.717, 1.165) is 16.8 Å². The Kier molecular flexibility index (Phi) is 2.68. The summed E-state index contributed by atoms with van der Waals surface area (Å²) in [4.78, 5) is 0. The van der Waals surface area contributed by atoms with Gasteiger partial charge < -0.3 is 16.6 Å². The van der Waals surface area contributed by atoms with Crippen LogP contribution in [0.4, 0.5) is 11.4 Å². The number of nitrogens with two attached hydrogens (primary N) is 2. The van der Waals surface area contributed by atoms with E-state index in [9.17, 15) is 5.11 Å². The van der Waals surface area contributed by atoms with Gasteiger partial charge in [-0.15, -0.1) is 0 Å². The fraction of sp³-hybridized carbons (Fsp3) is 0.0769. The zero-order chi connectivity index (χ0) is 11.5. The minimum atomic E-state index is 0.264. The van der Waals surface area contributed by atoms with Crippen LogP contribution in [-0.2, 0) is 6.42 Å². The number of anilines is 2. The number of rotatable bonds is 2. The second kappa shape index (κ2) is 4.14. The Bertz CT molecular complexity index is 509. The van der Waals surface area contributed by atoms with Crippen molar-refractivity contribution < 1.29 is 5.11 Å². The third-order valence-corrected chi connectivity index (χ3v) is 2.47. The van der Waals surface area contributed by atoms with Gasteiger partial charge in [0.15, 0.2) is 0 Å². The van der Waals surface area contributed by atoms with E-state index in [4.69, 9.17) is 11.5 Å². The number of nitrogen functional groups attached to an aromatic ring is 2. The van der Waals surface area contributed by atoms with Crippen LogP contribution in [0.2, 0.25) is 0 Å². The lowest BCUT2D eigenvalue weighted by molar-refractivity contribution is 0.474. The van der Waals surface area contributed by atoms with Gasteiger partial charge in [0.25, 0.3) is 0 Å². The fourth-order valence-electron chi connectivity index (χ4n) is 1.67. The first-order valence-corrected chi connectivity index (χ1v) is 5.07. The van der Waals surface area contributed by atoms with Crippen molar-refractivity contribution in [1.82, 2.24) is 0 Å². The Labute approximate surface area is 94.3 Å². The van der Waals surface area contributed by atoms with Gasteiger partial charge >= 0.3 is 0 Å². The third-order valence-electron chi connectivity index (χ3n) is 2.47. The zero-order valence-electron chi connectivity index (χ0n) is 8.85. The molecule has 3 nitrogen and oxygen atoms in total. The van der Waals surface area contributed by atoms with Crippen molar-refractivity contribution in [3.63, 3.8) is 0 Å². The van der Waals surface area contributed by atoms with Crippen LogP contribution in [0.1, 0.15) is 11.1 Å². The molecule has 0 aliphatic rings. The van der Waals surface area contributed by atoms with Gasteiger partial charge in [-0.25, -0.2) is 0 Å². The molecule has 0 saturated carbocycles. The van der Waals surface area contributed by atoms with E-state index in [1.54, 1.807) is 24.3 Å². The van der Waals surface area contributed by atoms with E-state index in [1.165, 1.54) is 0 Å². The minimum absolute atomic E-state index is 0.264. The molecule has 0 heterocycles. The third kappa shape index (κ3) is 2.25. The predicted molar refractivity (Wildman–Crippen MR) is 66.2 cm³/mol. The Balaban J connectivity index is 2.30. The monoisotopic (exact) mass is 214 g/mol. The molecule has 0 radical (unpaired) electrons. The summed E-state index contributed by atoms with van der Waals surface area (Å²) in [5, 5.41) is 9.36. The molecule has 3 heteroatoms. The maximum Gasteiger partial charge on any atom is 0.115 e. The maximum atomic E-state index is 9.36. The molecule has 0 aromatic heterocycles. The average molecular weight is 214 g/mol. The molecule has 0 saturated heterocycles. The molecule has 82 valence electrons. The summed E-state index contributed by atoms with van der Waals surface area (Å²) in [5.41, 5.74) is 15.0. The first kappa shape index (κ1) is 10.4. The first-order valence-electron chi connectivity index (χ1n) is 5.07. The fourth-order valence-corrected chi connectivity index (χ4v) is 1.67. The highest BCUT2D eigenvalue weighted by molar-refractivity contribution is 5.56. The second-order valence-corrected chi connectivity index (χ2v) is 3.80. The van der Waals surface area contributed by atoms with Gasteiger partial charge in [0.05, 0.1) is 0 Å².